The van der Waals surface area contributed by atoms with Crippen molar-refractivity contribution in [2.45, 2.75) is 31.9 Å². The van der Waals surface area contributed by atoms with E-state index in [1.54, 1.807) is 31.2 Å². The van der Waals surface area contributed by atoms with Crippen molar-refractivity contribution in [1.82, 2.24) is 5.06 Å². The van der Waals surface area contributed by atoms with Crippen molar-refractivity contribution in [3.8, 4) is 0 Å². The predicted octanol–water partition coefficient (Wildman–Crippen LogP) is 1.80. The van der Waals surface area contributed by atoms with Crippen LogP contribution in [0.1, 0.15) is 31.9 Å². The van der Waals surface area contributed by atoms with Crippen LogP contribution in [0.5, 0.6) is 0 Å². The first-order chi connectivity index (χ1) is 9.32. The first-order valence-electron chi connectivity index (χ1n) is 6.35. The Hall–Kier alpha value is -1.92. The minimum absolute atomic E-state index is 0.123. The summed E-state index contributed by atoms with van der Waals surface area (Å²) in [4.78, 5) is 27.6. The van der Waals surface area contributed by atoms with Gasteiger partial charge in [0, 0.05) is 26.1 Å². The Morgan fingerprint density at radius 3 is 2.45 bits per heavy atom. The Morgan fingerprint density at radius 1 is 1.40 bits per heavy atom. The molecular weight excluding hydrogens is 260 g/mol. The van der Waals surface area contributed by atoms with Crippen molar-refractivity contribution in [1.29, 1.82) is 0 Å². The van der Waals surface area contributed by atoms with Crippen molar-refractivity contribution in [3.63, 3.8) is 0 Å². The van der Waals surface area contributed by atoms with Gasteiger partial charge in [-0.05, 0) is 24.6 Å². The molecule has 0 bridgehead atoms. The van der Waals surface area contributed by atoms with Crippen molar-refractivity contribution in [3.05, 3.63) is 29.8 Å². The van der Waals surface area contributed by atoms with Gasteiger partial charge in [-0.25, -0.2) is 4.79 Å². The Labute approximate surface area is 117 Å². The van der Waals surface area contributed by atoms with Crippen molar-refractivity contribution >= 4 is 17.6 Å². The Kier molecular flexibility index (Phi) is 3.78. The topological polar surface area (TPSA) is 78.9 Å². The van der Waals surface area contributed by atoms with E-state index in [0.717, 1.165) is 5.56 Å². The summed E-state index contributed by atoms with van der Waals surface area (Å²) >= 11 is 0. The molecule has 6 nitrogen and oxygen atoms in total. The van der Waals surface area contributed by atoms with E-state index in [1.807, 2.05) is 12.1 Å². The summed E-state index contributed by atoms with van der Waals surface area (Å²) in [6.45, 7) is 3.02. The average molecular weight is 278 g/mol. The minimum atomic E-state index is -1.20. The molecule has 0 spiro atoms. The van der Waals surface area contributed by atoms with Crippen LogP contribution in [0.25, 0.3) is 0 Å². The molecule has 1 fully saturated rings. The highest BCUT2D eigenvalue weighted by molar-refractivity contribution is 5.88. The highest BCUT2D eigenvalue weighted by Gasteiger charge is 2.47. The molecule has 2 N–H and O–H groups in total. The quantitative estimate of drug-likeness (QED) is 0.881. The van der Waals surface area contributed by atoms with Gasteiger partial charge in [0.05, 0.1) is 6.04 Å². The summed E-state index contributed by atoms with van der Waals surface area (Å²) in [5.41, 5.74) is 0.464. The molecule has 1 aromatic carbocycles. The number of rotatable bonds is 3. The van der Waals surface area contributed by atoms with Gasteiger partial charge in [-0.1, -0.05) is 12.1 Å². The second kappa shape index (κ2) is 5.22. The molecule has 1 amide bonds. The molecule has 1 saturated heterocycles. The summed E-state index contributed by atoms with van der Waals surface area (Å²) in [6, 6.07) is 7.19. The third-order valence-corrected chi connectivity index (χ3v) is 3.44. The Morgan fingerprint density at radius 2 is 2.00 bits per heavy atom. The number of hydrogen-bond acceptors (Lipinski definition) is 4. The van der Waals surface area contributed by atoms with Gasteiger partial charge < -0.3 is 10.4 Å². The number of hydroxylamine groups is 2. The van der Waals surface area contributed by atoms with Crippen LogP contribution in [-0.2, 0) is 14.4 Å². The Bertz CT molecular complexity index is 528. The number of amides is 1. The van der Waals surface area contributed by atoms with Crippen LogP contribution in [0.15, 0.2) is 24.3 Å². The molecule has 1 aliphatic rings. The molecule has 0 radical (unpaired) electrons. The fraction of sp³-hybridized carbons (Fsp3) is 0.429. The number of hydrogen-bond donors (Lipinski definition) is 2. The molecule has 1 aliphatic heterocycles. The number of carboxylic acid groups (broad SMARTS) is 1. The lowest BCUT2D eigenvalue weighted by Crippen LogP contribution is -2.35. The van der Waals surface area contributed by atoms with Crippen molar-refractivity contribution < 1.29 is 19.5 Å². The van der Waals surface area contributed by atoms with Crippen LogP contribution >= 0.6 is 0 Å². The van der Waals surface area contributed by atoms with Gasteiger partial charge in [0.25, 0.3) is 0 Å². The maximum absolute atomic E-state index is 11.2. The lowest BCUT2D eigenvalue weighted by Gasteiger charge is -2.18. The molecule has 0 aromatic heterocycles. The standard InChI is InChI=1S/C14H18N2O4/c1-9(17)15-11-6-4-10(5-7-11)12-8-14(2,13(18)19)20-16(12)3/h4-7,12H,8H2,1-3H3,(H,15,17)(H,18,19). The number of aliphatic carboxylic acids is 1. The average Bonchev–Trinajstić information content (AvgIpc) is 2.66. The number of anilines is 1. The third kappa shape index (κ3) is 2.81. The fourth-order valence-corrected chi connectivity index (χ4v) is 2.36. The first-order valence-corrected chi connectivity index (χ1v) is 6.35. The van der Waals surface area contributed by atoms with Crippen LogP contribution in [0.3, 0.4) is 0 Å². The molecule has 0 aliphatic carbocycles. The molecule has 20 heavy (non-hydrogen) atoms. The highest BCUT2D eigenvalue weighted by atomic mass is 16.7. The number of carboxylic acids is 1. The second-order valence-corrected chi connectivity index (χ2v) is 5.20. The maximum Gasteiger partial charge on any atom is 0.337 e. The van der Waals surface area contributed by atoms with Crippen LogP contribution in [-0.4, -0.2) is 34.7 Å². The van der Waals surface area contributed by atoms with Crippen molar-refractivity contribution in [2.24, 2.45) is 0 Å². The summed E-state index contributed by atoms with van der Waals surface area (Å²) in [5, 5.41) is 13.5. The zero-order valence-electron chi connectivity index (χ0n) is 11.7. The fourth-order valence-electron chi connectivity index (χ4n) is 2.36. The van der Waals surface area contributed by atoms with E-state index in [1.165, 1.54) is 6.92 Å². The highest BCUT2D eigenvalue weighted by Crippen LogP contribution is 2.39. The van der Waals surface area contributed by atoms with E-state index in [0.29, 0.717) is 12.1 Å². The van der Waals surface area contributed by atoms with E-state index in [4.69, 9.17) is 4.84 Å². The van der Waals surface area contributed by atoms with E-state index in [2.05, 4.69) is 5.32 Å². The molecule has 1 aromatic rings. The van der Waals surface area contributed by atoms with Gasteiger partial charge in [0.1, 0.15) is 0 Å². The minimum Gasteiger partial charge on any atom is -0.479 e. The van der Waals surface area contributed by atoms with Gasteiger partial charge in [0.15, 0.2) is 5.60 Å². The van der Waals surface area contributed by atoms with E-state index in [-0.39, 0.29) is 11.9 Å². The summed E-state index contributed by atoms with van der Waals surface area (Å²) < 4.78 is 0. The SMILES string of the molecule is CC(=O)Nc1ccc(C2CC(C)(C(=O)O)ON2C)cc1. The lowest BCUT2D eigenvalue weighted by molar-refractivity contribution is -0.203. The number of nitrogens with zero attached hydrogens (tertiary/aromatic N) is 1. The zero-order chi connectivity index (χ0) is 14.9. The number of nitrogens with one attached hydrogen (secondary N) is 1. The molecule has 2 rings (SSSR count). The number of carbonyl (C=O) groups is 2. The molecule has 2 atom stereocenters. The summed E-state index contributed by atoms with van der Waals surface area (Å²) in [7, 11) is 1.72. The number of benzene rings is 1. The zero-order valence-corrected chi connectivity index (χ0v) is 11.7. The van der Waals surface area contributed by atoms with E-state index >= 15 is 0 Å². The van der Waals surface area contributed by atoms with Crippen LogP contribution < -0.4 is 5.32 Å². The van der Waals surface area contributed by atoms with Gasteiger partial charge in [-0.2, -0.15) is 5.06 Å². The summed E-state index contributed by atoms with van der Waals surface area (Å²) in [5.74, 6) is -1.10. The van der Waals surface area contributed by atoms with Crippen LogP contribution in [0.4, 0.5) is 5.69 Å². The molecule has 2 unspecified atom stereocenters. The van der Waals surface area contributed by atoms with Gasteiger partial charge in [-0.15, -0.1) is 0 Å². The van der Waals surface area contributed by atoms with Crippen molar-refractivity contribution in [2.75, 3.05) is 12.4 Å². The van der Waals surface area contributed by atoms with E-state index < -0.39 is 11.6 Å². The number of carbonyl (C=O) groups excluding carboxylic acids is 1. The second-order valence-electron chi connectivity index (χ2n) is 5.20. The molecule has 1 heterocycles. The van der Waals surface area contributed by atoms with Crippen LogP contribution in [0.2, 0.25) is 0 Å². The molecule has 6 heteroatoms. The normalized spacial score (nSPS) is 26.4. The lowest BCUT2D eigenvalue weighted by atomic mass is 9.94. The smallest absolute Gasteiger partial charge is 0.337 e. The first kappa shape index (κ1) is 14.5. The van der Waals surface area contributed by atoms with Gasteiger partial charge >= 0.3 is 5.97 Å². The maximum atomic E-state index is 11.2. The molecule has 0 saturated carbocycles. The van der Waals surface area contributed by atoms with Crippen LogP contribution in [0, 0.1) is 0 Å². The predicted molar refractivity (Wildman–Crippen MR) is 73.0 cm³/mol. The largest absolute Gasteiger partial charge is 0.479 e. The Balaban J connectivity index is 2.16. The summed E-state index contributed by atoms with van der Waals surface area (Å²) in [6.07, 6.45) is 0.373. The third-order valence-electron chi connectivity index (χ3n) is 3.44. The van der Waals surface area contributed by atoms with Gasteiger partial charge in [-0.3, -0.25) is 9.63 Å². The monoisotopic (exact) mass is 278 g/mol. The molecular formula is C14H18N2O4. The van der Waals surface area contributed by atoms with Gasteiger partial charge in [0.2, 0.25) is 5.91 Å². The molecule has 108 valence electrons. The van der Waals surface area contributed by atoms with E-state index in [9.17, 15) is 14.7 Å².